The van der Waals surface area contributed by atoms with E-state index in [1.54, 1.807) is 0 Å². The van der Waals surface area contributed by atoms with Gasteiger partial charge in [0.2, 0.25) is 5.89 Å². The first-order chi connectivity index (χ1) is 8.79. The van der Waals surface area contributed by atoms with E-state index < -0.39 is 0 Å². The van der Waals surface area contributed by atoms with E-state index >= 15 is 0 Å². The van der Waals surface area contributed by atoms with Gasteiger partial charge in [-0.2, -0.15) is 0 Å². The molecule has 1 aromatic heterocycles. The molecule has 2 aromatic rings. The molecule has 1 heterocycles. The predicted octanol–water partition coefficient (Wildman–Crippen LogP) is 2.83. The molecule has 1 aliphatic carbocycles. The lowest BCUT2D eigenvalue weighted by Gasteiger charge is -2.01. The van der Waals surface area contributed by atoms with Crippen LogP contribution in [0.3, 0.4) is 0 Å². The molecule has 0 aliphatic heterocycles. The molecule has 0 bridgehead atoms. The van der Waals surface area contributed by atoms with E-state index in [1.165, 1.54) is 12.8 Å². The van der Waals surface area contributed by atoms with Crippen LogP contribution in [0.4, 0.5) is 11.7 Å². The standard InChI is InChI=1S/C12H13BrN4O/c13-8-2-1-3-10(6-8)15-12-17-16-11(18-12)7-14-9-4-5-9/h1-3,6,9,14H,4-5,7H2,(H,15,17). The lowest BCUT2D eigenvalue weighted by Crippen LogP contribution is -2.15. The molecule has 6 heteroatoms. The van der Waals surface area contributed by atoms with Gasteiger partial charge in [0, 0.05) is 16.2 Å². The van der Waals surface area contributed by atoms with Gasteiger partial charge in [0.05, 0.1) is 6.54 Å². The summed E-state index contributed by atoms with van der Waals surface area (Å²) in [5, 5.41) is 14.3. The van der Waals surface area contributed by atoms with Crippen LogP contribution in [0.15, 0.2) is 33.2 Å². The van der Waals surface area contributed by atoms with Gasteiger partial charge in [0.25, 0.3) is 0 Å². The van der Waals surface area contributed by atoms with E-state index in [-0.39, 0.29) is 0 Å². The van der Waals surface area contributed by atoms with E-state index in [9.17, 15) is 0 Å². The fraction of sp³-hybridized carbons (Fsp3) is 0.333. The second-order valence-corrected chi connectivity index (χ2v) is 5.21. The number of nitrogens with zero attached hydrogens (tertiary/aromatic N) is 2. The Morgan fingerprint density at radius 2 is 2.22 bits per heavy atom. The minimum atomic E-state index is 0.417. The lowest BCUT2D eigenvalue weighted by atomic mass is 10.3. The highest BCUT2D eigenvalue weighted by molar-refractivity contribution is 9.10. The lowest BCUT2D eigenvalue weighted by molar-refractivity contribution is 0.478. The third-order valence-electron chi connectivity index (χ3n) is 2.66. The first-order valence-electron chi connectivity index (χ1n) is 5.88. The number of hydrogen-bond acceptors (Lipinski definition) is 5. The summed E-state index contributed by atoms with van der Waals surface area (Å²) in [6, 6.07) is 8.85. The summed E-state index contributed by atoms with van der Waals surface area (Å²) in [5.74, 6) is 0.611. The molecule has 2 N–H and O–H groups in total. The monoisotopic (exact) mass is 308 g/mol. The zero-order valence-electron chi connectivity index (χ0n) is 9.69. The Balaban J connectivity index is 1.61. The summed E-state index contributed by atoms with van der Waals surface area (Å²) >= 11 is 3.41. The molecule has 94 valence electrons. The molecule has 3 rings (SSSR count). The Bertz CT molecular complexity index is 538. The summed E-state index contributed by atoms with van der Waals surface area (Å²) < 4.78 is 6.50. The van der Waals surface area contributed by atoms with E-state index in [2.05, 4.69) is 36.8 Å². The van der Waals surface area contributed by atoms with E-state index in [4.69, 9.17) is 4.42 Å². The molecule has 0 atom stereocenters. The second kappa shape index (κ2) is 5.07. The fourth-order valence-electron chi connectivity index (χ4n) is 1.58. The van der Waals surface area contributed by atoms with Gasteiger partial charge in [-0.25, -0.2) is 0 Å². The van der Waals surface area contributed by atoms with Gasteiger partial charge >= 0.3 is 6.01 Å². The van der Waals surface area contributed by atoms with Crippen molar-refractivity contribution in [3.8, 4) is 0 Å². The van der Waals surface area contributed by atoms with Crippen molar-refractivity contribution in [2.45, 2.75) is 25.4 Å². The zero-order chi connectivity index (χ0) is 12.4. The normalized spacial score (nSPS) is 14.7. The smallest absolute Gasteiger partial charge is 0.320 e. The van der Waals surface area contributed by atoms with Gasteiger partial charge in [-0.1, -0.05) is 27.1 Å². The number of anilines is 2. The molecule has 0 unspecified atom stereocenters. The van der Waals surface area contributed by atoms with Crippen molar-refractivity contribution in [1.82, 2.24) is 15.5 Å². The fourth-order valence-corrected chi connectivity index (χ4v) is 1.98. The van der Waals surface area contributed by atoms with Gasteiger partial charge in [-0.05, 0) is 31.0 Å². The topological polar surface area (TPSA) is 63.0 Å². The maximum absolute atomic E-state index is 5.49. The van der Waals surface area contributed by atoms with Gasteiger partial charge in [0.1, 0.15) is 0 Å². The highest BCUT2D eigenvalue weighted by Gasteiger charge is 2.21. The molecule has 1 fully saturated rings. The summed E-state index contributed by atoms with van der Waals surface area (Å²) in [7, 11) is 0. The molecule has 18 heavy (non-hydrogen) atoms. The minimum absolute atomic E-state index is 0.417. The van der Waals surface area contributed by atoms with Crippen LogP contribution in [0.2, 0.25) is 0 Å². The Kier molecular flexibility index (Phi) is 3.29. The maximum atomic E-state index is 5.49. The molecule has 5 nitrogen and oxygen atoms in total. The van der Waals surface area contributed by atoms with E-state index in [1.807, 2.05) is 24.3 Å². The van der Waals surface area contributed by atoms with Gasteiger partial charge in [-0.15, -0.1) is 5.10 Å². The average molecular weight is 309 g/mol. The largest absolute Gasteiger partial charge is 0.406 e. The van der Waals surface area contributed by atoms with Crippen LogP contribution in [0.25, 0.3) is 0 Å². The SMILES string of the molecule is Brc1cccc(Nc2nnc(CNC3CC3)o2)c1. The quantitative estimate of drug-likeness (QED) is 0.889. The van der Waals surface area contributed by atoms with Crippen LogP contribution < -0.4 is 10.6 Å². The summed E-state index contributed by atoms with van der Waals surface area (Å²) in [5.41, 5.74) is 0.912. The Morgan fingerprint density at radius 3 is 3.00 bits per heavy atom. The summed E-state index contributed by atoms with van der Waals surface area (Å²) in [6.45, 7) is 0.637. The Hall–Kier alpha value is -1.40. The van der Waals surface area contributed by atoms with Crippen molar-refractivity contribution in [2.24, 2.45) is 0 Å². The predicted molar refractivity (Wildman–Crippen MR) is 71.6 cm³/mol. The van der Waals surface area contributed by atoms with Crippen LogP contribution >= 0.6 is 15.9 Å². The number of halogens is 1. The minimum Gasteiger partial charge on any atom is -0.406 e. The molecule has 0 amide bonds. The van der Waals surface area contributed by atoms with Crippen molar-refractivity contribution in [3.05, 3.63) is 34.6 Å². The third-order valence-corrected chi connectivity index (χ3v) is 3.16. The third kappa shape index (κ3) is 3.08. The van der Waals surface area contributed by atoms with Gasteiger partial charge in [0.15, 0.2) is 0 Å². The molecule has 1 saturated carbocycles. The van der Waals surface area contributed by atoms with Crippen molar-refractivity contribution in [2.75, 3.05) is 5.32 Å². The van der Waals surface area contributed by atoms with Crippen LogP contribution in [-0.2, 0) is 6.54 Å². The number of benzene rings is 1. The molecule has 1 aliphatic rings. The molecule has 1 aromatic carbocycles. The summed E-state index contributed by atoms with van der Waals surface area (Å²) in [4.78, 5) is 0. The van der Waals surface area contributed by atoms with Crippen molar-refractivity contribution < 1.29 is 4.42 Å². The number of hydrogen-bond donors (Lipinski definition) is 2. The number of rotatable bonds is 5. The number of nitrogens with one attached hydrogen (secondary N) is 2. The Labute approximate surface area is 113 Å². The molecular weight excluding hydrogens is 296 g/mol. The van der Waals surface area contributed by atoms with Gasteiger partial charge in [-0.3, -0.25) is 0 Å². The van der Waals surface area contributed by atoms with E-state index in [0.717, 1.165) is 10.2 Å². The highest BCUT2D eigenvalue weighted by atomic mass is 79.9. The van der Waals surface area contributed by atoms with Crippen LogP contribution in [0.1, 0.15) is 18.7 Å². The zero-order valence-corrected chi connectivity index (χ0v) is 11.3. The van der Waals surface area contributed by atoms with Crippen molar-refractivity contribution in [1.29, 1.82) is 0 Å². The van der Waals surface area contributed by atoms with Crippen LogP contribution in [0, 0.1) is 0 Å². The van der Waals surface area contributed by atoms with Crippen LogP contribution in [-0.4, -0.2) is 16.2 Å². The number of aromatic nitrogens is 2. The second-order valence-electron chi connectivity index (χ2n) is 4.29. The summed E-state index contributed by atoms with van der Waals surface area (Å²) in [6.07, 6.45) is 2.49. The first-order valence-corrected chi connectivity index (χ1v) is 6.67. The highest BCUT2D eigenvalue weighted by Crippen LogP contribution is 2.21. The average Bonchev–Trinajstić information content (AvgIpc) is 3.08. The van der Waals surface area contributed by atoms with E-state index in [0.29, 0.717) is 24.5 Å². The maximum Gasteiger partial charge on any atom is 0.320 e. The van der Waals surface area contributed by atoms with Gasteiger partial charge < -0.3 is 15.1 Å². The molecule has 0 spiro atoms. The van der Waals surface area contributed by atoms with Crippen molar-refractivity contribution >= 4 is 27.6 Å². The molecular formula is C12H13BrN4O. The molecule has 0 saturated heterocycles. The van der Waals surface area contributed by atoms with Crippen LogP contribution in [0.5, 0.6) is 0 Å². The first kappa shape index (κ1) is 11.7. The van der Waals surface area contributed by atoms with Crippen molar-refractivity contribution in [3.63, 3.8) is 0 Å². The Morgan fingerprint density at radius 1 is 1.33 bits per heavy atom. The molecule has 0 radical (unpaired) electrons.